The normalized spacial score (nSPS) is 18.0. The molecule has 0 atom stereocenters. The van der Waals surface area contributed by atoms with Gasteiger partial charge in [-0.05, 0) is 49.3 Å². The highest BCUT2D eigenvalue weighted by Crippen LogP contribution is 2.48. The molecular weight excluding hydrogens is 437 g/mol. The van der Waals surface area contributed by atoms with E-state index in [-0.39, 0.29) is 34.0 Å². The second-order valence-corrected chi connectivity index (χ2v) is 8.96. The summed E-state index contributed by atoms with van der Waals surface area (Å²) in [5.41, 5.74) is 4.18. The molecule has 1 aliphatic heterocycles. The van der Waals surface area contributed by atoms with E-state index in [1.165, 1.54) is 0 Å². The zero-order valence-electron chi connectivity index (χ0n) is 17.5. The largest absolute Gasteiger partial charge is 0.477 e. The van der Waals surface area contributed by atoms with E-state index in [9.17, 15) is 23.5 Å². The van der Waals surface area contributed by atoms with Crippen molar-refractivity contribution >= 4 is 22.8 Å². The van der Waals surface area contributed by atoms with Gasteiger partial charge in [-0.25, -0.2) is 22.9 Å². The summed E-state index contributed by atoms with van der Waals surface area (Å²) in [6, 6.07) is 3.89. The molecule has 3 N–H and O–H groups in total. The SMILES string of the molecule is NC1CC2(CCN(c3nc4c(cc3F)c(=O)c(C(=O)O)cn4-c3ccc(F)cc3F)CC2)C1. The first-order valence-corrected chi connectivity index (χ1v) is 10.6. The lowest BCUT2D eigenvalue weighted by Crippen LogP contribution is -2.52. The molecule has 0 amide bonds. The lowest BCUT2D eigenvalue weighted by Gasteiger charge is -2.51. The van der Waals surface area contributed by atoms with Crippen LogP contribution in [0.2, 0.25) is 0 Å². The molecule has 3 aromatic rings. The summed E-state index contributed by atoms with van der Waals surface area (Å²) in [5.74, 6) is -4.13. The number of carboxylic acid groups (broad SMARTS) is 1. The molecule has 0 bridgehead atoms. The van der Waals surface area contributed by atoms with Crippen LogP contribution in [-0.2, 0) is 0 Å². The Hall–Kier alpha value is -3.40. The van der Waals surface area contributed by atoms with Crippen LogP contribution < -0.4 is 16.1 Å². The lowest BCUT2D eigenvalue weighted by atomic mass is 9.61. The van der Waals surface area contributed by atoms with Crippen LogP contribution in [0.25, 0.3) is 16.7 Å². The number of fused-ring (bicyclic) bond motifs is 1. The molecule has 2 fully saturated rings. The van der Waals surface area contributed by atoms with Gasteiger partial charge in [-0.2, -0.15) is 0 Å². The highest BCUT2D eigenvalue weighted by atomic mass is 19.1. The Bertz CT molecular complexity index is 1340. The highest BCUT2D eigenvalue weighted by molar-refractivity contribution is 5.92. The number of halogens is 3. The van der Waals surface area contributed by atoms with Gasteiger partial charge < -0.3 is 15.7 Å². The van der Waals surface area contributed by atoms with E-state index in [0.717, 1.165) is 54.6 Å². The van der Waals surface area contributed by atoms with Gasteiger partial charge in [-0.3, -0.25) is 9.36 Å². The molecular formula is C23H21F3N4O3. The number of carboxylic acids is 1. The first-order valence-electron chi connectivity index (χ1n) is 10.6. The fourth-order valence-corrected chi connectivity index (χ4v) is 5.10. The van der Waals surface area contributed by atoms with Crippen molar-refractivity contribution in [1.29, 1.82) is 0 Å². The number of hydrogen-bond donors (Lipinski definition) is 2. The van der Waals surface area contributed by atoms with Gasteiger partial charge in [0.2, 0.25) is 5.43 Å². The molecule has 5 rings (SSSR count). The summed E-state index contributed by atoms with van der Waals surface area (Å²) in [5, 5.41) is 9.13. The summed E-state index contributed by atoms with van der Waals surface area (Å²) in [6.45, 7) is 1.09. The van der Waals surface area contributed by atoms with Gasteiger partial charge in [0.25, 0.3) is 0 Å². The highest BCUT2D eigenvalue weighted by Gasteiger charge is 2.44. The maximum Gasteiger partial charge on any atom is 0.341 e. The summed E-state index contributed by atoms with van der Waals surface area (Å²) in [6.07, 6.45) is 4.47. The number of carbonyl (C=O) groups is 1. The molecule has 0 unspecified atom stereocenters. The number of aromatic nitrogens is 2. The second-order valence-electron chi connectivity index (χ2n) is 8.96. The van der Waals surface area contributed by atoms with Crippen LogP contribution in [0.4, 0.5) is 19.0 Å². The molecule has 2 aromatic heterocycles. The third kappa shape index (κ3) is 3.54. The van der Waals surface area contributed by atoms with E-state index >= 15 is 4.39 Å². The second kappa shape index (κ2) is 7.58. The third-order valence-electron chi connectivity index (χ3n) is 6.83. The van der Waals surface area contributed by atoms with Crippen molar-refractivity contribution in [2.45, 2.75) is 31.7 Å². The number of nitrogens with two attached hydrogens (primary N) is 1. The van der Waals surface area contributed by atoms with Gasteiger partial charge in [-0.15, -0.1) is 0 Å². The molecule has 1 saturated heterocycles. The van der Waals surface area contributed by atoms with E-state index in [2.05, 4.69) is 4.98 Å². The van der Waals surface area contributed by atoms with Crippen LogP contribution in [0, 0.1) is 22.9 Å². The Kier molecular flexibility index (Phi) is 4.93. The Labute approximate surface area is 186 Å². The van der Waals surface area contributed by atoms with Crippen LogP contribution in [0.5, 0.6) is 0 Å². The van der Waals surface area contributed by atoms with E-state index in [4.69, 9.17) is 5.73 Å². The van der Waals surface area contributed by atoms with E-state index in [1.54, 1.807) is 4.90 Å². The molecule has 1 saturated carbocycles. The van der Waals surface area contributed by atoms with Crippen molar-refractivity contribution in [2.24, 2.45) is 11.1 Å². The van der Waals surface area contributed by atoms with E-state index in [1.807, 2.05) is 0 Å². The summed E-state index contributed by atoms with van der Waals surface area (Å²) >= 11 is 0. The van der Waals surface area contributed by atoms with Gasteiger partial charge in [0.05, 0.1) is 11.1 Å². The number of piperidine rings is 1. The van der Waals surface area contributed by atoms with Gasteiger partial charge in [0.1, 0.15) is 17.2 Å². The molecule has 33 heavy (non-hydrogen) atoms. The molecule has 1 aliphatic carbocycles. The minimum atomic E-state index is -1.55. The number of hydrogen-bond acceptors (Lipinski definition) is 5. The lowest BCUT2D eigenvalue weighted by molar-refractivity contribution is 0.0694. The predicted octanol–water partition coefficient (Wildman–Crippen LogP) is 3.21. The van der Waals surface area contributed by atoms with Gasteiger partial charge in [-0.1, -0.05) is 0 Å². The van der Waals surface area contributed by atoms with Crippen molar-refractivity contribution in [1.82, 2.24) is 9.55 Å². The van der Waals surface area contributed by atoms with Gasteiger partial charge in [0.15, 0.2) is 17.3 Å². The topological polar surface area (TPSA) is 101 Å². The minimum Gasteiger partial charge on any atom is -0.477 e. The van der Waals surface area contributed by atoms with Crippen LogP contribution in [-0.4, -0.2) is 39.8 Å². The molecule has 0 radical (unpaired) electrons. The van der Waals surface area contributed by atoms with Crippen LogP contribution in [0.1, 0.15) is 36.0 Å². The van der Waals surface area contributed by atoms with Crippen molar-refractivity contribution < 1.29 is 23.1 Å². The maximum absolute atomic E-state index is 15.1. The van der Waals surface area contributed by atoms with Crippen LogP contribution in [0.3, 0.4) is 0 Å². The van der Waals surface area contributed by atoms with Crippen molar-refractivity contribution in [3.8, 4) is 5.69 Å². The Balaban J connectivity index is 1.65. The molecule has 7 nitrogen and oxygen atoms in total. The average Bonchev–Trinajstić information content (AvgIpc) is 2.74. The van der Waals surface area contributed by atoms with Gasteiger partial charge in [0, 0.05) is 31.4 Å². The number of anilines is 1. The first kappa shape index (κ1) is 21.4. The number of aromatic carboxylic acids is 1. The summed E-state index contributed by atoms with van der Waals surface area (Å²) < 4.78 is 44.2. The monoisotopic (exact) mass is 458 g/mol. The van der Waals surface area contributed by atoms with Crippen LogP contribution in [0.15, 0.2) is 35.3 Å². The fraction of sp³-hybridized carbons (Fsp3) is 0.348. The van der Waals surface area contributed by atoms with Crippen molar-refractivity contribution in [2.75, 3.05) is 18.0 Å². The molecule has 3 heterocycles. The summed E-state index contributed by atoms with van der Waals surface area (Å²) in [7, 11) is 0. The van der Waals surface area contributed by atoms with Gasteiger partial charge >= 0.3 is 5.97 Å². The third-order valence-corrected chi connectivity index (χ3v) is 6.83. The number of rotatable bonds is 3. The smallest absolute Gasteiger partial charge is 0.341 e. The number of benzene rings is 1. The number of pyridine rings is 2. The molecule has 1 aromatic carbocycles. The minimum absolute atomic E-state index is 0.000262. The molecule has 172 valence electrons. The molecule has 1 spiro atoms. The maximum atomic E-state index is 15.1. The molecule has 2 aliphatic rings. The Morgan fingerprint density at radius 2 is 1.82 bits per heavy atom. The zero-order valence-corrected chi connectivity index (χ0v) is 17.5. The van der Waals surface area contributed by atoms with Crippen LogP contribution >= 0.6 is 0 Å². The number of nitrogens with zero attached hydrogens (tertiary/aromatic N) is 3. The van der Waals surface area contributed by atoms with E-state index in [0.29, 0.717) is 19.2 Å². The predicted molar refractivity (Wildman–Crippen MR) is 115 cm³/mol. The first-order chi connectivity index (χ1) is 15.7. The zero-order chi connectivity index (χ0) is 23.5. The van der Waals surface area contributed by atoms with Crippen molar-refractivity contribution in [3.05, 3.63) is 63.7 Å². The summed E-state index contributed by atoms with van der Waals surface area (Å²) in [4.78, 5) is 30.4. The quantitative estimate of drug-likeness (QED) is 0.625. The van der Waals surface area contributed by atoms with Crippen molar-refractivity contribution in [3.63, 3.8) is 0 Å². The fourth-order valence-electron chi connectivity index (χ4n) is 5.10. The molecule has 10 heteroatoms. The van der Waals surface area contributed by atoms with E-state index < -0.39 is 34.4 Å². The average molecular weight is 458 g/mol. The Morgan fingerprint density at radius 1 is 1.12 bits per heavy atom. The Morgan fingerprint density at radius 3 is 2.42 bits per heavy atom. The standard InChI is InChI=1S/C23H21F3N4O3/c24-12-1-2-18(16(25)7-12)30-11-15(22(32)33)19(31)14-8-17(26)21(28-20(14)30)29-5-3-23(4-6-29)9-13(27)10-23/h1-2,7-8,11,13H,3-6,9-10,27H2,(H,32,33).